The topological polar surface area (TPSA) is 12.5 Å². The molecule has 2 aliphatic rings. The molecule has 1 aliphatic carbocycles. The third-order valence-electron chi connectivity index (χ3n) is 7.58. The summed E-state index contributed by atoms with van der Waals surface area (Å²) in [4.78, 5) is 0. The molecule has 1 unspecified atom stereocenters. The highest BCUT2D eigenvalue weighted by molar-refractivity contribution is 5.67. The fraction of sp³-hybridized carbons (Fsp3) is 0.355. The largest absolute Gasteiger partial charge is 0.368 e. The Morgan fingerprint density at radius 2 is 1.63 bits per heavy atom. The van der Waals surface area contributed by atoms with Crippen LogP contribution in [0.5, 0.6) is 0 Å². The fourth-order valence-electron chi connectivity index (χ4n) is 5.40. The van der Waals surface area contributed by atoms with Crippen molar-refractivity contribution in [3.05, 3.63) is 100 Å². The molecular formula is C31H31F3O. The van der Waals surface area contributed by atoms with Gasteiger partial charge in [-0.3, -0.25) is 0 Å². The first kappa shape index (κ1) is 23.9. The van der Waals surface area contributed by atoms with Crippen LogP contribution in [0, 0.1) is 23.4 Å². The van der Waals surface area contributed by atoms with Gasteiger partial charge in [-0.25, -0.2) is 13.2 Å². The molecule has 4 heteroatoms. The Bertz CT molecular complexity index is 1200. The van der Waals surface area contributed by atoms with Crippen LogP contribution in [0.2, 0.25) is 0 Å². The number of ether oxygens (including phenoxy) is 1. The van der Waals surface area contributed by atoms with Crippen LogP contribution in [0.1, 0.15) is 73.3 Å². The van der Waals surface area contributed by atoms with Crippen LogP contribution in [0.25, 0.3) is 17.2 Å². The summed E-state index contributed by atoms with van der Waals surface area (Å²) in [5.74, 6) is -1.12. The molecule has 0 bridgehead atoms. The van der Waals surface area contributed by atoms with E-state index in [9.17, 15) is 4.39 Å². The van der Waals surface area contributed by atoms with E-state index in [2.05, 4.69) is 0 Å². The molecule has 1 nitrogen and oxygen atoms in total. The van der Waals surface area contributed by atoms with Crippen LogP contribution in [0.15, 0.2) is 60.7 Å². The number of rotatable bonds is 7. The SMILES string of the molecule is C/C=C/c1ccc(-c2ccc(C3CCC(CCc4ccc(C5CO5)cc4F)CC3)c(F)c2F)cc1. The minimum absolute atomic E-state index is 0.0291. The minimum atomic E-state index is -0.765. The maximum atomic E-state index is 15.1. The van der Waals surface area contributed by atoms with Gasteiger partial charge in [-0.2, -0.15) is 0 Å². The van der Waals surface area contributed by atoms with Crippen molar-refractivity contribution in [2.75, 3.05) is 6.61 Å². The third-order valence-corrected chi connectivity index (χ3v) is 7.58. The van der Waals surface area contributed by atoms with E-state index < -0.39 is 11.6 Å². The lowest BCUT2D eigenvalue weighted by atomic mass is 9.76. The van der Waals surface area contributed by atoms with E-state index in [-0.39, 0.29) is 17.8 Å². The number of benzene rings is 3. The molecule has 1 atom stereocenters. The van der Waals surface area contributed by atoms with Crippen molar-refractivity contribution in [2.24, 2.45) is 5.92 Å². The smallest absolute Gasteiger partial charge is 0.166 e. The number of allylic oxidation sites excluding steroid dienone is 1. The molecule has 0 spiro atoms. The van der Waals surface area contributed by atoms with Crippen molar-refractivity contribution < 1.29 is 17.9 Å². The molecule has 0 N–H and O–H groups in total. The molecule has 35 heavy (non-hydrogen) atoms. The summed E-state index contributed by atoms with van der Waals surface area (Å²) in [7, 11) is 0. The lowest BCUT2D eigenvalue weighted by molar-refractivity contribution is 0.304. The molecule has 2 fully saturated rings. The van der Waals surface area contributed by atoms with Crippen LogP contribution < -0.4 is 0 Å². The molecule has 0 amide bonds. The zero-order valence-corrected chi connectivity index (χ0v) is 20.1. The average molecular weight is 477 g/mol. The Kier molecular flexibility index (Phi) is 7.10. The van der Waals surface area contributed by atoms with Crippen LogP contribution in [0.3, 0.4) is 0 Å². The number of halogens is 3. The summed E-state index contributed by atoms with van der Waals surface area (Å²) < 4.78 is 49.8. The van der Waals surface area contributed by atoms with Crippen molar-refractivity contribution >= 4 is 6.08 Å². The molecule has 182 valence electrons. The maximum Gasteiger partial charge on any atom is 0.166 e. The third kappa shape index (κ3) is 5.38. The van der Waals surface area contributed by atoms with Gasteiger partial charge in [0.25, 0.3) is 0 Å². The Morgan fingerprint density at radius 1 is 0.886 bits per heavy atom. The highest BCUT2D eigenvalue weighted by Crippen LogP contribution is 2.40. The average Bonchev–Trinajstić information content (AvgIpc) is 3.72. The Labute approximate surface area is 205 Å². The van der Waals surface area contributed by atoms with Crippen molar-refractivity contribution in [2.45, 2.75) is 57.5 Å². The minimum Gasteiger partial charge on any atom is -0.368 e. The molecule has 5 rings (SSSR count). The highest BCUT2D eigenvalue weighted by atomic mass is 19.2. The van der Waals surface area contributed by atoms with Crippen LogP contribution in [0.4, 0.5) is 13.2 Å². The van der Waals surface area contributed by atoms with Crippen LogP contribution in [-0.2, 0) is 11.2 Å². The zero-order valence-electron chi connectivity index (χ0n) is 20.1. The van der Waals surface area contributed by atoms with Crippen molar-refractivity contribution in [3.63, 3.8) is 0 Å². The summed E-state index contributed by atoms with van der Waals surface area (Å²) in [5, 5.41) is 0. The lowest BCUT2D eigenvalue weighted by Crippen LogP contribution is -2.16. The number of hydrogen-bond acceptors (Lipinski definition) is 1. The number of epoxide rings is 1. The van der Waals surface area contributed by atoms with Gasteiger partial charge in [0.2, 0.25) is 0 Å². The van der Waals surface area contributed by atoms with Gasteiger partial charge in [0.05, 0.1) is 6.61 Å². The first-order chi connectivity index (χ1) is 17.0. The van der Waals surface area contributed by atoms with Crippen LogP contribution >= 0.6 is 0 Å². The second-order valence-electron chi connectivity index (χ2n) is 9.88. The van der Waals surface area contributed by atoms with Crippen molar-refractivity contribution in [1.82, 2.24) is 0 Å². The molecule has 1 aliphatic heterocycles. The first-order valence-electron chi connectivity index (χ1n) is 12.6. The Hall–Kier alpha value is -2.85. The van der Waals surface area contributed by atoms with Gasteiger partial charge in [0.1, 0.15) is 11.9 Å². The molecule has 3 aromatic rings. The van der Waals surface area contributed by atoms with E-state index in [4.69, 9.17) is 4.74 Å². The van der Waals surface area contributed by atoms with Gasteiger partial charge in [-0.15, -0.1) is 0 Å². The maximum absolute atomic E-state index is 15.1. The Morgan fingerprint density at radius 3 is 2.29 bits per heavy atom. The number of aryl methyl sites for hydroxylation is 1. The molecular weight excluding hydrogens is 445 g/mol. The van der Waals surface area contributed by atoms with Gasteiger partial charge < -0.3 is 4.74 Å². The Balaban J connectivity index is 1.19. The summed E-state index contributed by atoms with van der Waals surface area (Å²) in [6.07, 6.45) is 9.18. The summed E-state index contributed by atoms with van der Waals surface area (Å²) >= 11 is 0. The van der Waals surface area contributed by atoms with Gasteiger partial charge in [0.15, 0.2) is 11.6 Å². The van der Waals surface area contributed by atoms with E-state index >= 15 is 8.78 Å². The molecule has 0 aromatic heterocycles. The monoisotopic (exact) mass is 476 g/mol. The molecule has 1 heterocycles. The summed E-state index contributed by atoms with van der Waals surface area (Å²) in [6.45, 7) is 2.62. The number of hydrogen-bond donors (Lipinski definition) is 0. The van der Waals surface area contributed by atoms with E-state index in [1.165, 1.54) is 0 Å². The van der Waals surface area contributed by atoms with Gasteiger partial charge in [-0.1, -0.05) is 60.7 Å². The summed E-state index contributed by atoms with van der Waals surface area (Å²) in [6, 6.07) is 16.4. The predicted molar refractivity (Wildman–Crippen MR) is 135 cm³/mol. The molecule has 1 saturated carbocycles. The second-order valence-corrected chi connectivity index (χ2v) is 9.88. The molecule has 1 saturated heterocycles. The van der Waals surface area contributed by atoms with E-state index in [0.717, 1.165) is 48.8 Å². The predicted octanol–water partition coefficient (Wildman–Crippen LogP) is 8.78. The molecule has 0 radical (unpaired) electrons. The van der Waals surface area contributed by atoms with Gasteiger partial charge in [-0.05, 0) is 91.2 Å². The van der Waals surface area contributed by atoms with E-state index in [1.807, 2.05) is 55.5 Å². The van der Waals surface area contributed by atoms with Gasteiger partial charge >= 0.3 is 0 Å². The van der Waals surface area contributed by atoms with E-state index in [0.29, 0.717) is 35.6 Å². The second kappa shape index (κ2) is 10.4. The van der Waals surface area contributed by atoms with Crippen molar-refractivity contribution in [1.29, 1.82) is 0 Å². The van der Waals surface area contributed by atoms with Crippen LogP contribution in [-0.4, -0.2) is 6.61 Å². The van der Waals surface area contributed by atoms with Crippen molar-refractivity contribution in [3.8, 4) is 11.1 Å². The lowest BCUT2D eigenvalue weighted by Gasteiger charge is -2.29. The summed E-state index contributed by atoms with van der Waals surface area (Å²) in [5.41, 5.74) is 4.15. The van der Waals surface area contributed by atoms with E-state index in [1.54, 1.807) is 18.2 Å². The normalized spacial score (nSPS) is 22.0. The quantitative estimate of drug-likeness (QED) is 0.311. The van der Waals surface area contributed by atoms with Gasteiger partial charge in [0, 0.05) is 5.56 Å². The highest BCUT2D eigenvalue weighted by Gasteiger charge is 2.28. The molecule has 3 aromatic carbocycles. The first-order valence-corrected chi connectivity index (χ1v) is 12.6. The fourth-order valence-corrected chi connectivity index (χ4v) is 5.40. The zero-order chi connectivity index (χ0) is 24.4. The standard InChI is InChI=1S/C31H31F3O/c1-2-3-20-4-9-22(10-5-20)26-16-17-27(31(34)30(26)33)23-11-6-21(7-12-23)8-13-24-14-15-25(18-28(24)32)29-19-35-29/h2-5,9-10,14-18,21,23,29H,6-8,11-13,19H2,1H3/b3-2+.